The third-order valence-corrected chi connectivity index (χ3v) is 21.7. The maximum Gasteiger partial charge on any atom is 0.410 e. The van der Waals surface area contributed by atoms with Crippen LogP contribution >= 0.6 is 15.9 Å². The number of aliphatic hydroxyl groups excluding tert-OH is 3. The number of aliphatic hydroxyl groups is 3. The minimum absolute atomic E-state index is 0.139. The van der Waals surface area contributed by atoms with E-state index in [4.69, 9.17) is 13.9 Å². The third kappa shape index (κ3) is 22.1. The lowest BCUT2D eigenvalue weighted by Crippen LogP contribution is -2.50. The van der Waals surface area contributed by atoms with Gasteiger partial charge in [-0.1, -0.05) is 180 Å². The fourth-order valence-electron chi connectivity index (χ4n) is 15.6. The van der Waals surface area contributed by atoms with Gasteiger partial charge in [-0.15, -0.1) is 0 Å². The lowest BCUT2D eigenvalue weighted by molar-refractivity contribution is 0.0240. The number of carbonyl (C=O) groups excluding carboxylic acids is 1. The molecular weight excluding hydrogens is 1430 g/mol. The number of hydrogen-bond donors (Lipinski definition) is 6. The maximum atomic E-state index is 12.4. The number of benzene rings is 9. The molecule has 4 aliphatic rings. The number of fused-ring (bicyclic) bond motifs is 2. The molecule has 0 radical (unpaired) electrons. The second-order valence-corrected chi connectivity index (χ2v) is 31.1. The van der Waals surface area contributed by atoms with Crippen molar-refractivity contribution in [2.24, 2.45) is 11.8 Å². The van der Waals surface area contributed by atoms with Gasteiger partial charge in [0, 0.05) is 94.1 Å². The molecule has 0 aliphatic carbocycles. The highest BCUT2D eigenvalue weighted by Crippen LogP contribution is 2.41. The van der Waals surface area contributed by atoms with Crippen molar-refractivity contribution in [3.63, 3.8) is 0 Å². The Morgan fingerprint density at radius 1 is 0.482 bits per heavy atom. The van der Waals surface area contributed by atoms with Crippen molar-refractivity contribution in [1.82, 2.24) is 20.0 Å². The van der Waals surface area contributed by atoms with E-state index in [0.29, 0.717) is 39.0 Å². The Bertz CT molecular complexity index is 4590. The highest BCUT2D eigenvalue weighted by molar-refractivity contribution is 9.10. The van der Waals surface area contributed by atoms with Crippen LogP contribution in [0.5, 0.6) is 17.2 Å². The molecular formula is C95H108BrN5O9. The summed E-state index contributed by atoms with van der Waals surface area (Å²) in [5.74, 6) is 4.01. The Kier molecular flexibility index (Phi) is 29.0. The number of allylic oxidation sites excluding steroid dienone is 3. The Hall–Kier alpha value is -9.55. The number of piperazine rings is 1. The molecule has 4 fully saturated rings. The van der Waals surface area contributed by atoms with Crippen molar-refractivity contribution in [1.29, 1.82) is 0 Å². The van der Waals surface area contributed by atoms with Gasteiger partial charge < -0.3 is 59.4 Å². The predicted octanol–water partition coefficient (Wildman–Crippen LogP) is 18.8. The van der Waals surface area contributed by atoms with Gasteiger partial charge in [0.2, 0.25) is 0 Å². The van der Waals surface area contributed by atoms with E-state index >= 15 is 0 Å². The smallest absolute Gasteiger partial charge is 0.410 e. The minimum atomic E-state index is -0.486. The van der Waals surface area contributed by atoms with Gasteiger partial charge in [-0.05, 0) is 273 Å². The highest BCUT2D eigenvalue weighted by Gasteiger charge is 2.36. The summed E-state index contributed by atoms with van der Waals surface area (Å²) >= 11 is 3.57. The van der Waals surface area contributed by atoms with Gasteiger partial charge in [0.05, 0.1) is 0 Å². The molecule has 14 nitrogen and oxygen atoms in total. The van der Waals surface area contributed by atoms with Gasteiger partial charge in [-0.25, -0.2) is 4.79 Å². The molecule has 4 aliphatic heterocycles. The third-order valence-electron chi connectivity index (χ3n) is 21.2. The number of furan rings is 1. The molecule has 14 rings (SSSR count). The van der Waals surface area contributed by atoms with Crippen LogP contribution in [0, 0.1) is 11.8 Å². The highest BCUT2D eigenvalue weighted by atomic mass is 79.9. The van der Waals surface area contributed by atoms with Crippen LogP contribution in [0.15, 0.2) is 245 Å². The number of aromatic hydroxyl groups is 2. The quantitative estimate of drug-likeness (QED) is 0.0283. The minimum Gasteiger partial charge on any atom is -0.508 e. The van der Waals surface area contributed by atoms with Gasteiger partial charge in [0.15, 0.2) is 0 Å². The number of anilines is 1. The zero-order valence-electron chi connectivity index (χ0n) is 64.1. The molecule has 4 saturated heterocycles. The first-order valence-electron chi connectivity index (χ1n) is 39.4. The zero-order valence-corrected chi connectivity index (χ0v) is 65.7. The summed E-state index contributed by atoms with van der Waals surface area (Å²) in [5, 5.41) is 53.3. The first kappa shape index (κ1) is 80.0. The number of ether oxygens (including phenoxy) is 2. The second-order valence-electron chi connectivity index (χ2n) is 30.2. The van der Waals surface area contributed by atoms with Crippen molar-refractivity contribution < 1.29 is 44.2 Å². The molecule has 6 N–H and O–H groups in total. The molecule has 15 heteroatoms. The predicted molar refractivity (Wildman–Crippen MR) is 451 cm³/mol. The van der Waals surface area contributed by atoms with Crippen LogP contribution in [0.1, 0.15) is 134 Å². The van der Waals surface area contributed by atoms with Gasteiger partial charge >= 0.3 is 6.09 Å². The molecule has 574 valence electrons. The van der Waals surface area contributed by atoms with Crippen LogP contribution in [-0.4, -0.2) is 157 Å². The number of nitrogens with one attached hydrogen (secondary N) is 1. The lowest BCUT2D eigenvalue weighted by Gasteiger charge is -2.36. The number of halogens is 1. The largest absolute Gasteiger partial charge is 0.508 e. The summed E-state index contributed by atoms with van der Waals surface area (Å²) in [6.45, 7) is 18.7. The monoisotopic (exact) mass is 1540 g/mol. The van der Waals surface area contributed by atoms with Crippen LogP contribution < -0.4 is 15.0 Å². The molecule has 0 spiro atoms. The Morgan fingerprint density at radius 3 is 1.38 bits per heavy atom. The molecule has 10 aromatic rings. The fourth-order valence-corrected chi connectivity index (χ4v) is 15.9. The molecule has 2 atom stereocenters. The fraction of sp³-hybridized carbons (Fsp3) is 0.337. The molecule has 0 saturated carbocycles. The number of piperidine rings is 1. The van der Waals surface area contributed by atoms with Crippen molar-refractivity contribution in [3.8, 4) is 17.2 Å². The number of amides is 1. The van der Waals surface area contributed by atoms with E-state index in [1.807, 2.05) is 87.5 Å². The Morgan fingerprint density at radius 2 is 0.918 bits per heavy atom. The SMILES string of the molecule is CC(C)(C)OC(=O)N1CCN(c2ccc(/C(=C(/CCCO)c3ccccc3)c3ccc(Br)cc3)cc2)CC1.OCCC/C(=C(\c1ccc(O)cc1)c1ccc(OCCN2C[C@H]3CNC[C@H]3C2)cc1)c1ccccc1.OCCC/C(=C(\c1ccc(O)cc1)c1ccc2oc(CCN3CCCCC3)cc2c1)c1ccccc1. The van der Waals surface area contributed by atoms with E-state index in [1.54, 1.807) is 29.2 Å². The normalized spacial score (nSPS) is 16.7. The molecule has 1 aromatic heterocycles. The van der Waals surface area contributed by atoms with Crippen molar-refractivity contribution in [3.05, 3.63) is 297 Å². The van der Waals surface area contributed by atoms with E-state index in [-0.39, 0.29) is 37.4 Å². The average molecular weight is 1540 g/mol. The number of rotatable bonds is 26. The van der Waals surface area contributed by atoms with Crippen molar-refractivity contribution in [2.75, 3.05) is 110 Å². The maximum absolute atomic E-state index is 12.4. The van der Waals surface area contributed by atoms with Crippen LogP contribution in [0.25, 0.3) is 44.4 Å². The first-order chi connectivity index (χ1) is 53.7. The average Bonchev–Trinajstić information content (AvgIpc) is 1.26. The molecule has 0 unspecified atom stereocenters. The van der Waals surface area contributed by atoms with Crippen molar-refractivity contribution >= 4 is 72.1 Å². The van der Waals surface area contributed by atoms with E-state index in [0.717, 1.165) is 165 Å². The standard InChI is InChI=1S/C32H37BrN2O3.C32H35NO3.C31H36N2O3/c1-32(2,3)38-31(37)35-21-19-34(20-22-35)28-17-13-26(14-18-28)30(25-11-15-27(33)16-12-25)29(10-7-23-36)24-8-5-4-6-9-24;34-21-7-10-30(24-8-3-1-4-9-24)32(25-11-14-28(35)15-12-25)26-13-16-31-27(22-26)23-29(36-31)17-20-33-18-5-2-6-19-33;34-17-4-7-30(23-5-2-1-3-6-23)31(24-8-12-28(35)13-9-24)25-10-14-29(15-11-25)36-18-16-33-21-26-19-32-20-27(26)22-33/h4-6,8-9,11-18,36H,7,10,19-23H2,1-3H3;1,3-4,8-9,11-16,22-23,34-35H,2,5-7,10,17-21H2;1-3,5-6,8-15,26-27,32,34-35H,4,7,16-22H2/b30-29-;32-30-;31-30-/t;;26-,27+. The van der Waals surface area contributed by atoms with E-state index in [9.17, 15) is 30.3 Å². The summed E-state index contributed by atoms with van der Waals surface area (Å²) in [6, 6.07) is 80.0. The number of phenols is 2. The number of phenolic OH excluding ortho intramolecular Hbond substituents is 2. The molecule has 9 aromatic carbocycles. The summed E-state index contributed by atoms with van der Waals surface area (Å²) < 4.78 is 18.9. The van der Waals surface area contributed by atoms with Gasteiger partial charge in [0.1, 0.15) is 40.8 Å². The van der Waals surface area contributed by atoms with Crippen LogP contribution in [0.4, 0.5) is 10.5 Å². The topological polar surface area (TPSA) is 175 Å². The number of carbonyl (C=O) groups is 1. The summed E-state index contributed by atoms with van der Waals surface area (Å²) in [4.78, 5) is 21.6. The van der Waals surface area contributed by atoms with Gasteiger partial charge in [-0.3, -0.25) is 4.90 Å². The number of likely N-dealkylation sites (tertiary alicyclic amines) is 2. The van der Waals surface area contributed by atoms with Crippen LogP contribution in [0.3, 0.4) is 0 Å². The molecule has 5 heterocycles. The van der Waals surface area contributed by atoms with Gasteiger partial charge in [-0.2, -0.15) is 0 Å². The second kappa shape index (κ2) is 39.9. The summed E-state index contributed by atoms with van der Waals surface area (Å²) in [7, 11) is 0. The number of hydrogen-bond acceptors (Lipinski definition) is 13. The number of nitrogens with zero attached hydrogens (tertiary/aromatic N) is 4. The summed E-state index contributed by atoms with van der Waals surface area (Å²) in [5.41, 5.74) is 18.6. The Balaban J connectivity index is 0.000000154. The molecule has 0 bridgehead atoms. The van der Waals surface area contributed by atoms with E-state index in [1.165, 1.54) is 73.3 Å². The van der Waals surface area contributed by atoms with E-state index < -0.39 is 5.60 Å². The molecule has 110 heavy (non-hydrogen) atoms. The van der Waals surface area contributed by atoms with Crippen LogP contribution in [0.2, 0.25) is 0 Å². The zero-order chi connectivity index (χ0) is 76.6. The summed E-state index contributed by atoms with van der Waals surface area (Å²) in [6.07, 6.45) is 8.98. The van der Waals surface area contributed by atoms with Gasteiger partial charge in [0.25, 0.3) is 0 Å². The van der Waals surface area contributed by atoms with Crippen LogP contribution in [-0.2, 0) is 11.2 Å². The van der Waals surface area contributed by atoms with Crippen molar-refractivity contribution in [2.45, 2.75) is 90.6 Å². The van der Waals surface area contributed by atoms with E-state index in [2.05, 4.69) is 182 Å². The first-order valence-corrected chi connectivity index (χ1v) is 40.2. The Labute approximate surface area is 658 Å². The lowest BCUT2D eigenvalue weighted by atomic mass is 9.87. The molecule has 1 amide bonds.